The molecule has 0 saturated carbocycles. The van der Waals surface area contributed by atoms with Gasteiger partial charge >= 0.3 is 0 Å². The van der Waals surface area contributed by atoms with Crippen molar-refractivity contribution in [1.82, 2.24) is 19.2 Å². The molecule has 3 heterocycles. The maximum Gasteiger partial charge on any atom is 0.243 e. The number of aliphatic hydroxyl groups is 1. The molecular formula is C26H29F2N5O3S. The van der Waals surface area contributed by atoms with E-state index in [4.69, 9.17) is 0 Å². The average Bonchev–Trinajstić information content (AvgIpc) is 3.39. The molecule has 2 aromatic carbocycles. The van der Waals surface area contributed by atoms with Gasteiger partial charge in [0.25, 0.3) is 0 Å². The van der Waals surface area contributed by atoms with Crippen LogP contribution in [-0.4, -0.2) is 71.0 Å². The summed E-state index contributed by atoms with van der Waals surface area (Å²) >= 11 is 0. The number of piperidine rings is 1. The summed E-state index contributed by atoms with van der Waals surface area (Å²) in [5.74, 6) is -1.67. The molecule has 2 aliphatic rings. The van der Waals surface area contributed by atoms with E-state index < -0.39 is 27.3 Å². The van der Waals surface area contributed by atoms with Crippen molar-refractivity contribution in [3.8, 4) is 11.3 Å². The zero-order chi connectivity index (χ0) is 26.0. The summed E-state index contributed by atoms with van der Waals surface area (Å²) < 4.78 is 54.7. The molecule has 0 radical (unpaired) electrons. The Morgan fingerprint density at radius 2 is 1.65 bits per heavy atom. The van der Waals surface area contributed by atoms with Crippen LogP contribution in [-0.2, 0) is 10.0 Å². The number of benzene rings is 2. The molecule has 196 valence electrons. The summed E-state index contributed by atoms with van der Waals surface area (Å²) in [5.41, 5.74) is 0.531. The Morgan fingerprint density at radius 1 is 0.946 bits per heavy atom. The highest BCUT2D eigenvalue weighted by Crippen LogP contribution is 2.29. The zero-order valence-electron chi connectivity index (χ0n) is 20.3. The summed E-state index contributed by atoms with van der Waals surface area (Å²) in [6, 6.07) is 11.4. The number of hydrogen-bond donors (Lipinski definition) is 2. The number of hydrogen-bond acceptors (Lipinski definition) is 7. The van der Waals surface area contributed by atoms with Crippen molar-refractivity contribution in [2.75, 3.05) is 38.0 Å². The van der Waals surface area contributed by atoms with E-state index in [1.807, 2.05) is 0 Å². The first-order chi connectivity index (χ1) is 17.7. The van der Waals surface area contributed by atoms with Gasteiger partial charge < -0.3 is 15.3 Å². The van der Waals surface area contributed by atoms with Gasteiger partial charge in [-0.1, -0.05) is 0 Å². The third-order valence-corrected chi connectivity index (χ3v) is 8.90. The molecule has 2 N–H and O–H groups in total. The van der Waals surface area contributed by atoms with Gasteiger partial charge in [0.2, 0.25) is 16.0 Å². The summed E-state index contributed by atoms with van der Waals surface area (Å²) in [6.07, 6.45) is 4.61. The third kappa shape index (κ3) is 5.80. The maximum atomic E-state index is 13.6. The second kappa shape index (κ2) is 10.4. The number of nitrogens with one attached hydrogen (secondary N) is 1. The summed E-state index contributed by atoms with van der Waals surface area (Å²) in [4.78, 5) is 10.9. The molecule has 8 nitrogen and oxygen atoms in total. The smallest absolute Gasteiger partial charge is 0.243 e. The quantitative estimate of drug-likeness (QED) is 0.481. The molecule has 2 aliphatic heterocycles. The largest absolute Gasteiger partial charge is 0.388 e. The molecule has 0 amide bonds. The van der Waals surface area contributed by atoms with Crippen LogP contribution < -0.4 is 5.32 Å². The van der Waals surface area contributed by atoms with Crippen LogP contribution >= 0.6 is 0 Å². The molecule has 11 heteroatoms. The molecule has 0 bridgehead atoms. The molecule has 2 saturated heterocycles. The summed E-state index contributed by atoms with van der Waals surface area (Å²) in [5, 5.41) is 14.0. The number of halogens is 2. The number of likely N-dealkylation sites (tertiary alicyclic amines) is 1. The van der Waals surface area contributed by atoms with Crippen molar-refractivity contribution in [3.63, 3.8) is 0 Å². The van der Waals surface area contributed by atoms with Gasteiger partial charge in [0.15, 0.2) is 11.6 Å². The van der Waals surface area contributed by atoms with Crippen molar-refractivity contribution in [3.05, 3.63) is 66.4 Å². The first-order valence-electron chi connectivity index (χ1n) is 12.3. The number of aromatic nitrogens is 2. The molecule has 5 rings (SSSR count). The minimum atomic E-state index is -3.70. The van der Waals surface area contributed by atoms with E-state index in [9.17, 15) is 22.3 Å². The molecule has 0 aliphatic carbocycles. The number of nitrogens with zero attached hydrogens (tertiary/aromatic N) is 4. The fraction of sp³-hybridized carbons (Fsp3) is 0.385. The standard InChI is InChI=1S/C26H29F2N5O3S/c27-22-8-3-19(17-23(22)28)24-9-12-29-25(31-24)30-20-4-6-21(7-5-20)37(35,36)33-15-10-26(34,11-16-33)18-32-13-1-2-14-32/h3-9,12,17,34H,1-2,10-11,13-16,18H2,(H,29,30,31). The Bertz CT molecular complexity index is 1360. The Kier molecular flexibility index (Phi) is 7.21. The molecule has 0 spiro atoms. The van der Waals surface area contributed by atoms with Gasteiger partial charge in [-0.05, 0) is 87.3 Å². The first-order valence-corrected chi connectivity index (χ1v) is 13.8. The van der Waals surface area contributed by atoms with E-state index in [1.54, 1.807) is 18.2 Å². The van der Waals surface area contributed by atoms with Gasteiger partial charge in [-0.25, -0.2) is 27.2 Å². The molecular weight excluding hydrogens is 500 g/mol. The average molecular weight is 530 g/mol. The van der Waals surface area contributed by atoms with Crippen LogP contribution in [0.25, 0.3) is 11.3 Å². The zero-order valence-corrected chi connectivity index (χ0v) is 21.1. The fourth-order valence-electron chi connectivity index (χ4n) is 4.88. The minimum absolute atomic E-state index is 0.166. The van der Waals surface area contributed by atoms with Crippen LogP contribution in [0.2, 0.25) is 0 Å². The molecule has 3 aromatic rings. The summed E-state index contributed by atoms with van der Waals surface area (Å²) in [6.45, 7) is 3.13. The van der Waals surface area contributed by atoms with Gasteiger partial charge in [0.1, 0.15) is 0 Å². The van der Waals surface area contributed by atoms with E-state index in [2.05, 4.69) is 20.2 Å². The topological polar surface area (TPSA) is 98.7 Å². The predicted molar refractivity (Wildman–Crippen MR) is 136 cm³/mol. The highest BCUT2D eigenvalue weighted by molar-refractivity contribution is 7.89. The highest BCUT2D eigenvalue weighted by Gasteiger charge is 2.38. The van der Waals surface area contributed by atoms with Crippen molar-refractivity contribution in [2.24, 2.45) is 0 Å². The van der Waals surface area contributed by atoms with Crippen LogP contribution in [0.3, 0.4) is 0 Å². The van der Waals surface area contributed by atoms with Gasteiger partial charge in [0, 0.05) is 37.1 Å². The Balaban J connectivity index is 1.23. The molecule has 1 aromatic heterocycles. The highest BCUT2D eigenvalue weighted by atomic mass is 32.2. The lowest BCUT2D eigenvalue weighted by molar-refractivity contribution is -0.0284. The monoisotopic (exact) mass is 529 g/mol. The number of sulfonamides is 1. The Labute approximate surface area is 215 Å². The minimum Gasteiger partial charge on any atom is -0.388 e. The lowest BCUT2D eigenvalue weighted by atomic mass is 9.92. The lowest BCUT2D eigenvalue weighted by Gasteiger charge is -2.39. The second-order valence-electron chi connectivity index (χ2n) is 9.66. The summed E-state index contributed by atoms with van der Waals surface area (Å²) in [7, 11) is -3.70. The van der Waals surface area contributed by atoms with Gasteiger partial charge in [-0.3, -0.25) is 0 Å². The number of anilines is 2. The van der Waals surface area contributed by atoms with Crippen molar-refractivity contribution < 1.29 is 22.3 Å². The molecule has 0 unspecified atom stereocenters. The molecule has 0 atom stereocenters. The van der Waals surface area contributed by atoms with E-state index in [0.29, 0.717) is 36.3 Å². The van der Waals surface area contributed by atoms with Gasteiger partial charge in [0.05, 0.1) is 16.2 Å². The second-order valence-corrected chi connectivity index (χ2v) is 11.6. The maximum absolute atomic E-state index is 13.6. The van der Waals surface area contributed by atoms with Crippen molar-refractivity contribution in [2.45, 2.75) is 36.2 Å². The van der Waals surface area contributed by atoms with Gasteiger partial charge in [-0.15, -0.1) is 0 Å². The van der Waals surface area contributed by atoms with Crippen LogP contribution in [0.4, 0.5) is 20.4 Å². The fourth-order valence-corrected chi connectivity index (χ4v) is 6.32. The van der Waals surface area contributed by atoms with Crippen molar-refractivity contribution >= 4 is 21.7 Å². The Morgan fingerprint density at radius 3 is 2.32 bits per heavy atom. The first kappa shape index (κ1) is 25.7. The molecule has 37 heavy (non-hydrogen) atoms. The normalized spacial score (nSPS) is 18.7. The van der Waals surface area contributed by atoms with Crippen LogP contribution in [0.1, 0.15) is 25.7 Å². The SMILES string of the molecule is O=S(=O)(c1ccc(Nc2nccc(-c3ccc(F)c(F)c3)n2)cc1)N1CCC(O)(CN2CCCC2)CC1. The van der Waals surface area contributed by atoms with E-state index >= 15 is 0 Å². The lowest BCUT2D eigenvalue weighted by Crippen LogP contribution is -2.51. The van der Waals surface area contributed by atoms with Crippen LogP contribution in [0.5, 0.6) is 0 Å². The van der Waals surface area contributed by atoms with E-state index in [0.717, 1.165) is 38.1 Å². The van der Waals surface area contributed by atoms with Crippen LogP contribution in [0, 0.1) is 11.6 Å². The predicted octanol–water partition coefficient (Wildman–Crippen LogP) is 3.78. The molecule has 2 fully saturated rings. The van der Waals surface area contributed by atoms with Crippen molar-refractivity contribution in [1.29, 1.82) is 0 Å². The Hall–Kier alpha value is -2.99. The van der Waals surface area contributed by atoms with E-state index in [-0.39, 0.29) is 23.9 Å². The number of rotatable bonds is 7. The number of β-amino-alcohol motifs (C(OH)–C–C–N with tert-alkyl or cyclic N) is 1. The van der Waals surface area contributed by atoms with E-state index in [1.165, 1.54) is 28.7 Å². The third-order valence-electron chi connectivity index (χ3n) is 6.99. The van der Waals surface area contributed by atoms with Crippen LogP contribution in [0.15, 0.2) is 59.6 Å². The van der Waals surface area contributed by atoms with Gasteiger partial charge in [-0.2, -0.15) is 4.31 Å².